The third-order valence-electron chi connectivity index (χ3n) is 1.67. The van der Waals surface area contributed by atoms with E-state index in [2.05, 4.69) is 0 Å². The summed E-state index contributed by atoms with van der Waals surface area (Å²) in [7, 11) is 1.43. The molecule has 84 valence electrons. The molecule has 0 fully saturated rings. The van der Waals surface area contributed by atoms with Crippen molar-refractivity contribution in [3.05, 3.63) is 28.3 Å². The SMILES string of the molecule is CC.COc1c(C)cc(Cl)cc1C(=O)O. The van der Waals surface area contributed by atoms with Crippen molar-refractivity contribution in [1.82, 2.24) is 0 Å². The van der Waals surface area contributed by atoms with Gasteiger partial charge in [-0.2, -0.15) is 0 Å². The number of hydrogen-bond donors (Lipinski definition) is 1. The van der Waals surface area contributed by atoms with E-state index >= 15 is 0 Å². The Bertz CT molecular complexity index is 348. The van der Waals surface area contributed by atoms with E-state index in [9.17, 15) is 4.79 Å². The van der Waals surface area contributed by atoms with Crippen LogP contribution in [-0.4, -0.2) is 18.2 Å². The third-order valence-corrected chi connectivity index (χ3v) is 1.89. The second-order valence-corrected chi connectivity index (χ2v) is 3.05. The van der Waals surface area contributed by atoms with Crippen LogP contribution in [0.3, 0.4) is 0 Å². The number of benzene rings is 1. The zero-order valence-corrected chi connectivity index (χ0v) is 10.1. The normalized spacial score (nSPS) is 8.87. The molecule has 0 aliphatic heterocycles. The van der Waals surface area contributed by atoms with Gasteiger partial charge in [-0.15, -0.1) is 0 Å². The van der Waals surface area contributed by atoms with E-state index in [1.165, 1.54) is 13.2 Å². The van der Waals surface area contributed by atoms with Crippen LogP contribution in [0.2, 0.25) is 5.02 Å². The van der Waals surface area contributed by atoms with Gasteiger partial charge in [0.25, 0.3) is 0 Å². The van der Waals surface area contributed by atoms with E-state index < -0.39 is 5.97 Å². The highest BCUT2D eigenvalue weighted by atomic mass is 35.5. The fourth-order valence-electron chi connectivity index (χ4n) is 1.16. The standard InChI is InChI=1S/C9H9ClO3.C2H6/c1-5-3-6(10)4-7(9(11)12)8(5)13-2;1-2/h3-4H,1-2H3,(H,11,12);1-2H3. The van der Waals surface area contributed by atoms with Gasteiger partial charge in [0.15, 0.2) is 0 Å². The van der Waals surface area contributed by atoms with Gasteiger partial charge in [0.2, 0.25) is 0 Å². The summed E-state index contributed by atoms with van der Waals surface area (Å²) in [6.45, 7) is 5.75. The highest BCUT2D eigenvalue weighted by molar-refractivity contribution is 6.31. The molecule has 3 nitrogen and oxygen atoms in total. The predicted molar refractivity (Wildman–Crippen MR) is 61.0 cm³/mol. The number of carboxylic acid groups (broad SMARTS) is 1. The highest BCUT2D eigenvalue weighted by Gasteiger charge is 2.13. The molecule has 0 radical (unpaired) electrons. The second-order valence-electron chi connectivity index (χ2n) is 2.61. The molecule has 0 atom stereocenters. The van der Waals surface area contributed by atoms with Gasteiger partial charge in [-0.25, -0.2) is 4.79 Å². The first-order valence-electron chi connectivity index (χ1n) is 4.63. The van der Waals surface area contributed by atoms with Crippen molar-refractivity contribution in [2.24, 2.45) is 0 Å². The quantitative estimate of drug-likeness (QED) is 0.847. The number of methoxy groups -OCH3 is 1. The summed E-state index contributed by atoms with van der Waals surface area (Å²) in [5.74, 6) is -0.681. The van der Waals surface area contributed by atoms with Gasteiger partial charge in [0.05, 0.1) is 7.11 Å². The number of carbonyl (C=O) groups is 1. The van der Waals surface area contributed by atoms with Crippen LogP contribution in [0.1, 0.15) is 29.8 Å². The highest BCUT2D eigenvalue weighted by Crippen LogP contribution is 2.27. The minimum Gasteiger partial charge on any atom is -0.496 e. The molecule has 0 spiro atoms. The van der Waals surface area contributed by atoms with Crippen molar-refractivity contribution in [3.63, 3.8) is 0 Å². The minimum absolute atomic E-state index is 0.0903. The van der Waals surface area contributed by atoms with Crippen molar-refractivity contribution in [2.45, 2.75) is 20.8 Å². The van der Waals surface area contributed by atoms with E-state index in [0.29, 0.717) is 16.3 Å². The van der Waals surface area contributed by atoms with Gasteiger partial charge < -0.3 is 9.84 Å². The predicted octanol–water partition coefficient (Wildman–Crippen LogP) is 3.38. The van der Waals surface area contributed by atoms with Crippen LogP contribution in [0.5, 0.6) is 5.75 Å². The molecule has 1 aromatic rings. The topological polar surface area (TPSA) is 46.5 Å². The van der Waals surface area contributed by atoms with Crippen LogP contribution in [-0.2, 0) is 0 Å². The van der Waals surface area contributed by atoms with Crippen LogP contribution in [0.15, 0.2) is 12.1 Å². The Hall–Kier alpha value is -1.22. The molecule has 0 saturated heterocycles. The Balaban J connectivity index is 0.000000921. The van der Waals surface area contributed by atoms with Crippen molar-refractivity contribution in [3.8, 4) is 5.75 Å². The van der Waals surface area contributed by atoms with Crippen molar-refractivity contribution < 1.29 is 14.6 Å². The molecule has 0 aromatic heterocycles. The van der Waals surface area contributed by atoms with Crippen molar-refractivity contribution in [2.75, 3.05) is 7.11 Å². The molecule has 1 rings (SSSR count). The third kappa shape index (κ3) is 3.44. The first-order valence-corrected chi connectivity index (χ1v) is 5.01. The van der Waals surface area contributed by atoms with E-state index in [-0.39, 0.29) is 5.56 Å². The molecule has 0 saturated carbocycles. The Morgan fingerprint density at radius 3 is 2.33 bits per heavy atom. The lowest BCUT2D eigenvalue weighted by Gasteiger charge is -2.08. The maximum absolute atomic E-state index is 10.7. The Morgan fingerprint density at radius 2 is 1.93 bits per heavy atom. The van der Waals surface area contributed by atoms with Crippen LogP contribution >= 0.6 is 11.6 Å². The maximum atomic E-state index is 10.7. The van der Waals surface area contributed by atoms with Crippen molar-refractivity contribution >= 4 is 17.6 Å². The number of aryl methyl sites for hydroxylation is 1. The lowest BCUT2D eigenvalue weighted by atomic mass is 10.1. The first kappa shape index (κ1) is 13.8. The summed E-state index contributed by atoms with van der Waals surface area (Å²) >= 11 is 5.70. The zero-order valence-electron chi connectivity index (χ0n) is 9.30. The molecule has 1 N–H and O–H groups in total. The molecule has 0 aliphatic rings. The van der Waals surface area contributed by atoms with Gasteiger partial charge >= 0.3 is 5.97 Å². The number of carboxylic acids is 1. The van der Waals surface area contributed by atoms with E-state index in [0.717, 1.165) is 0 Å². The monoisotopic (exact) mass is 230 g/mol. The fourth-order valence-corrected chi connectivity index (χ4v) is 1.43. The van der Waals surface area contributed by atoms with Gasteiger partial charge in [0, 0.05) is 5.02 Å². The number of rotatable bonds is 2. The summed E-state index contributed by atoms with van der Waals surface area (Å²) in [6.07, 6.45) is 0. The second kappa shape index (κ2) is 6.30. The molecule has 4 heteroatoms. The molecule has 1 aromatic carbocycles. The number of aromatic carboxylic acids is 1. The largest absolute Gasteiger partial charge is 0.496 e. The van der Waals surface area contributed by atoms with E-state index in [4.69, 9.17) is 21.4 Å². The summed E-state index contributed by atoms with van der Waals surface area (Å²) in [5, 5.41) is 9.21. The Kier molecular flexibility index (Phi) is 5.79. The average Bonchev–Trinajstić information content (AvgIpc) is 2.19. The van der Waals surface area contributed by atoms with Crippen molar-refractivity contribution in [1.29, 1.82) is 0 Å². The first-order chi connectivity index (χ1) is 7.06. The molecular weight excluding hydrogens is 216 g/mol. The summed E-state index contributed by atoms with van der Waals surface area (Å²) in [6, 6.07) is 3.03. The fraction of sp³-hybridized carbons (Fsp3) is 0.364. The Labute approximate surface area is 94.6 Å². The molecule has 0 heterocycles. The Morgan fingerprint density at radius 1 is 1.40 bits per heavy atom. The number of halogens is 1. The lowest BCUT2D eigenvalue weighted by molar-refractivity contribution is 0.0693. The van der Waals surface area contributed by atoms with Crippen LogP contribution in [0.25, 0.3) is 0 Å². The summed E-state index contributed by atoms with van der Waals surface area (Å²) in [4.78, 5) is 10.7. The molecule has 15 heavy (non-hydrogen) atoms. The molecular formula is C11H15ClO3. The average molecular weight is 231 g/mol. The van der Waals surface area contributed by atoms with Crippen LogP contribution in [0.4, 0.5) is 0 Å². The maximum Gasteiger partial charge on any atom is 0.339 e. The molecule has 0 aliphatic carbocycles. The van der Waals surface area contributed by atoms with Crippen LogP contribution in [0, 0.1) is 6.92 Å². The van der Waals surface area contributed by atoms with Gasteiger partial charge in [0.1, 0.15) is 11.3 Å². The molecule has 0 bridgehead atoms. The van der Waals surface area contributed by atoms with Crippen LogP contribution < -0.4 is 4.74 Å². The van der Waals surface area contributed by atoms with Gasteiger partial charge in [-0.1, -0.05) is 25.4 Å². The van der Waals surface area contributed by atoms with Gasteiger partial charge in [-0.05, 0) is 24.6 Å². The molecule has 0 unspecified atom stereocenters. The number of hydrogen-bond acceptors (Lipinski definition) is 2. The minimum atomic E-state index is -1.04. The van der Waals surface area contributed by atoms with Gasteiger partial charge in [-0.3, -0.25) is 0 Å². The number of ether oxygens (including phenoxy) is 1. The van der Waals surface area contributed by atoms with E-state index in [1.807, 2.05) is 13.8 Å². The molecule has 0 amide bonds. The lowest BCUT2D eigenvalue weighted by Crippen LogP contribution is -2.01. The zero-order chi connectivity index (χ0) is 12.0. The summed E-state index contributed by atoms with van der Waals surface area (Å²) in [5.41, 5.74) is 0.805. The summed E-state index contributed by atoms with van der Waals surface area (Å²) < 4.78 is 4.95. The smallest absolute Gasteiger partial charge is 0.339 e. The van der Waals surface area contributed by atoms with E-state index in [1.54, 1.807) is 13.0 Å².